The minimum absolute atomic E-state index is 0.449. The van der Waals surface area contributed by atoms with Gasteiger partial charge in [-0.1, -0.05) is 19.3 Å². The number of rotatable bonds is 6. The maximum absolute atomic E-state index is 4.99. The molecule has 0 saturated heterocycles. The van der Waals surface area contributed by atoms with Gasteiger partial charge in [-0.05, 0) is 37.1 Å². The summed E-state index contributed by atoms with van der Waals surface area (Å²) in [4.78, 5) is 23.3. The molecule has 1 saturated carbocycles. The second kappa shape index (κ2) is 7.79. The topological polar surface area (TPSA) is 86.1 Å². The Kier molecular flexibility index (Phi) is 5.06. The lowest BCUT2D eigenvalue weighted by Crippen LogP contribution is -2.23. The van der Waals surface area contributed by atoms with Crippen molar-refractivity contribution in [2.45, 2.75) is 38.1 Å². The van der Waals surface area contributed by atoms with Crippen LogP contribution in [-0.4, -0.2) is 32.7 Å². The van der Waals surface area contributed by atoms with Gasteiger partial charge >= 0.3 is 0 Å². The molecule has 1 aliphatic carbocycles. The van der Waals surface area contributed by atoms with Gasteiger partial charge in [0.15, 0.2) is 17.2 Å². The van der Waals surface area contributed by atoms with Gasteiger partial charge in [0.2, 0.25) is 5.95 Å². The van der Waals surface area contributed by atoms with Crippen LogP contribution in [0.5, 0.6) is 5.75 Å². The Bertz CT molecular complexity index is 902. The van der Waals surface area contributed by atoms with Crippen molar-refractivity contribution >= 4 is 28.6 Å². The average Bonchev–Trinajstić information content (AvgIpc) is 3.05. The number of aryl methyl sites for hydroxylation is 1. The predicted octanol–water partition coefficient (Wildman–Crippen LogP) is 3.79. The van der Waals surface area contributed by atoms with Crippen molar-refractivity contribution in [3.63, 3.8) is 0 Å². The molecular weight excluding hydrogens is 344 g/mol. The van der Waals surface area contributed by atoms with E-state index in [1.54, 1.807) is 6.33 Å². The summed E-state index contributed by atoms with van der Waals surface area (Å²) in [6.45, 7) is 0. The molecule has 0 spiro atoms. The van der Waals surface area contributed by atoms with E-state index in [0.29, 0.717) is 23.4 Å². The van der Waals surface area contributed by atoms with Gasteiger partial charge in [-0.3, -0.25) is 0 Å². The number of aromatic nitrogens is 4. The summed E-state index contributed by atoms with van der Waals surface area (Å²) in [5.74, 6) is 1.97. The molecule has 3 aromatic rings. The third kappa shape index (κ3) is 3.95. The summed E-state index contributed by atoms with van der Waals surface area (Å²) in [6.07, 6.45) is 7.96. The number of imidazole rings is 1. The molecule has 1 fully saturated rings. The van der Waals surface area contributed by atoms with E-state index in [-0.39, 0.29) is 0 Å². The number of benzene rings is 1. The maximum Gasteiger partial charge on any atom is 0.231 e. The van der Waals surface area contributed by atoms with E-state index in [1.807, 2.05) is 35.9 Å². The molecule has 8 heteroatoms. The molecule has 0 unspecified atom stereocenters. The van der Waals surface area contributed by atoms with Crippen LogP contribution in [0.15, 0.2) is 30.6 Å². The summed E-state index contributed by atoms with van der Waals surface area (Å²) < 4.78 is 1.96. The van der Waals surface area contributed by atoms with Crippen LogP contribution >= 0.6 is 0 Å². The Balaban J connectivity index is 1.60. The lowest BCUT2D eigenvalue weighted by Gasteiger charge is -2.23. The highest BCUT2D eigenvalue weighted by Crippen LogP contribution is 2.27. The molecule has 0 amide bonds. The first-order chi connectivity index (χ1) is 13.2. The molecule has 0 aliphatic heterocycles. The van der Waals surface area contributed by atoms with Crippen molar-refractivity contribution in [1.29, 1.82) is 0 Å². The van der Waals surface area contributed by atoms with Crippen LogP contribution in [0.3, 0.4) is 0 Å². The summed E-state index contributed by atoms with van der Waals surface area (Å²) in [5, 5.41) is 6.86. The van der Waals surface area contributed by atoms with Crippen LogP contribution < -0.4 is 15.5 Å². The fourth-order valence-electron chi connectivity index (χ4n) is 3.47. The molecule has 0 bridgehead atoms. The third-order valence-corrected chi connectivity index (χ3v) is 4.81. The zero-order valence-corrected chi connectivity index (χ0v) is 15.6. The lowest BCUT2D eigenvalue weighted by molar-refractivity contribution is -0.178. The molecule has 1 aliphatic rings. The molecule has 27 heavy (non-hydrogen) atoms. The SMILES string of the molecule is COOc1ccc(Nc2nc(NC3CCCCC3)c3c(ncn3C)n2)cc1. The number of nitrogens with zero attached hydrogens (tertiary/aromatic N) is 4. The smallest absolute Gasteiger partial charge is 0.231 e. The van der Waals surface area contributed by atoms with Gasteiger partial charge in [0.25, 0.3) is 0 Å². The fraction of sp³-hybridized carbons (Fsp3) is 0.421. The number of nitrogens with one attached hydrogen (secondary N) is 2. The van der Waals surface area contributed by atoms with Crippen LogP contribution in [0.1, 0.15) is 32.1 Å². The molecule has 4 rings (SSSR count). The summed E-state index contributed by atoms with van der Waals surface area (Å²) in [5.41, 5.74) is 2.46. The van der Waals surface area contributed by atoms with Crippen molar-refractivity contribution in [2.24, 2.45) is 7.05 Å². The van der Waals surface area contributed by atoms with Gasteiger partial charge in [0, 0.05) is 18.8 Å². The molecule has 142 valence electrons. The molecule has 1 aromatic carbocycles. The first kappa shape index (κ1) is 17.5. The van der Waals surface area contributed by atoms with Gasteiger partial charge in [-0.25, -0.2) is 4.98 Å². The fourth-order valence-corrected chi connectivity index (χ4v) is 3.47. The van der Waals surface area contributed by atoms with Crippen molar-refractivity contribution in [3.8, 4) is 5.75 Å². The van der Waals surface area contributed by atoms with Crippen LogP contribution in [0.2, 0.25) is 0 Å². The number of fused-ring (bicyclic) bond motifs is 1. The van der Waals surface area contributed by atoms with E-state index in [0.717, 1.165) is 17.0 Å². The summed E-state index contributed by atoms with van der Waals surface area (Å²) >= 11 is 0. The number of anilines is 3. The van der Waals surface area contributed by atoms with Gasteiger partial charge in [0.05, 0.1) is 13.4 Å². The highest BCUT2D eigenvalue weighted by Gasteiger charge is 2.18. The average molecular weight is 368 g/mol. The van der Waals surface area contributed by atoms with Crippen molar-refractivity contribution in [1.82, 2.24) is 19.5 Å². The summed E-state index contributed by atoms with van der Waals surface area (Å²) in [7, 11) is 3.44. The van der Waals surface area contributed by atoms with Crippen molar-refractivity contribution in [3.05, 3.63) is 30.6 Å². The largest absolute Gasteiger partial charge is 0.365 e. The highest BCUT2D eigenvalue weighted by molar-refractivity contribution is 5.85. The molecular formula is C19H24N6O2. The van der Waals surface area contributed by atoms with Gasteiger partial charge in [-0.15, -0.1) is 0 Å². The van der Waals surface area contributed by atoms with Gasteiger partial charge in [-0.2, -0.15) is 14.9 Å². The van der Waals surface area contributed by atoms with Gasteiger partial charge in [0.1, 0.15) is 5.52 Å². The van der Waals surface area contributed by atoms with E-state index < -0.39 is 0 Å². The van der Waals surface area contributed by atoms with E-state index in [4.69, 9.17) is 9.87 Å². The van der Waals surface area contributed by atoms with E-state index in [2.05, 4.69) is 25.5 Å². The first-order valence-electron chi connectivity index (χ1n) is 9.26. The standard InChI is InChI=1S/C19H24N6O2/c1-25-12-20-17-16(25)18(21-13-6-4-3-5-7-13)24-19(23-17)22-14-8-10-15(11-9-14)27-26-2/h8-13H,3-7H2,1-2H3,(H2,21,22,23,24). The molecule has 0 radical (unpaired) electrons. The van der Waals surface area contributed by atoms with E-state index in [1.165, 1.54) is 39.2 Å². The van der Waals surface area contributed by atoms with Crippen molar-refractivity contribution < 1.29 is 9.78 Å². The molecule has 8 nitrogen and oxygen atoms in total. The molecule has 0 atom stereocenters. The lowest BCUT2D eigenvalue weighted by atomic mass is 9.95. The molecule has 2 heterocycles. The monoisotopic (exact) mass is 368 g/mol. The number of hydrogen-bond donors (Lipinski definition) is 2. The normalized spacial score (nSPS) is 15.0. The first-order valence-corrected chi connectivity index (χ1v) is 9.26. The Morgan fingerprint density at radius 3 is 2.59 bits per heavy atom. The van der Waals surface area contributed by atoms with E-state index in [9.17, 15) is 0 Å². The second-order valence-electron chi connectivity index (χ2n) is 6.80. The van der Waals surface area contributed by atoms with Crippen LogP contribution in [-0.2, 0) is 11.9 Å². The van der Waals surface area contributed by atoms with E-state index >= 15 is 0 Å². The highest BCUT2D eigenvalue weighted by atomic mass is 17.2. The molecule has 2 aromatic heterocycles. The zero-order chi connectivity index (χ0) is 18.6. The van der Waals surface area contributed by atoms with Crippen LogP contribution in [0, 0.1) is 0 Å². The quantitative estimate of drug-likeness (QED) is 0.506. The Hall–Kier alpha value is -2.87. The Morgan fingerprint density at radius 1 is 1.07 bits per heavy atom. The third-order valence-electron chi connectivity index (χ3n) is 4.81. The Labute approximate surface area is 157 Å². The predicted molar refractivity (Wildman–Crippen MR) is 104 cm³/mol. The Morgan fingerprint density at radius 2 is 1.85 bits per heavy atom. The zero-order valence-electron chi connectivity index (χ0n) is 15.6. The van der Waals surface area contributed by atoms with Crippen molar-refractivity contribution in [2.75, 3.05) is 17.7 Å². The number of hydrogen-bond acceptors (Lipinski definition) is 7. The molecule has 2 N–H and O–H groups in total. The summed E-state index contributed by atoms with van der Waals surface area (Å²) in [6, 6.07) is 7.84. The maximum atomic E-state index is 4.99. The minimum atomic E-state index is 0.449. The van der Waals surface area contributed by atoms with Crippen LogP contribution in [0.4, 0.5) is 17.5 Å². The minimum Gasteiger partial charge on any atom is -0.365 e. The van der Waals surface area contributed by atoms with Gasteiger partial charge < -0.3 is 20.1 Å². The second-order valence-corrected chi connectivity index (χ2v) is 6.80. The van der Waals surface area contributed by atoms with Crippen LogP contribution in [0.25, 0.3) is 11.2 Å².